The zero-order valence-electron chi connectivity index (χ0n) is 14.0. The van der Waals surface area contributed by atoms with Crippen molar-refractivity contribution in [2.45, 2.75) is 6.92 Å². The van der Waals surface area contributed by atoms with Crippen LogP contribution in [0.4, 0.5) is 11.5 Å². The summed E-state index contributed by atoms with van der Waals surface area (Å²) in [5.41, 5.74) is 2.18. The fraction of sp³-hybridized carbons (Fsp3) is 0.250. The number of aromatic nitrogens is 2. The summed E-state index contributed by atoms with van der Waals surface area (Å²) in [5.74, 6) is 0.411. The summed E-state index contributed by atoms with van der Waals surface area (Å²) < 4.78 is 32.0. The van der Waals surface area contributed by atoms with Crippen LogP contribution in [-0.2, 0) is 10.0 Å². The van der Waals surface area contributed by atoms with Gasteiger partial charge in [-0.1, -0.05) is 29.8 Å². The summed E-state index contributed by atoms with van der Waals surface area (Å²) in [5, 5.41) is 1.11. The van der Waals surface area contributed by atoms with Gasteiger partial charge in [0.25, 0.3) is 10.0 Å². The van der Waals surface area contributed by atoms with Crippen LogP contribution >= 0.6 is 0 Å². The maximum atomic E-state index is 12.3. The Kier molecular flexibility index (Phi) is 5.40. The lowest BCUT2D eigenvalue weighted by atomic mass is 10.2. The second-order valence-corrected chi connectivity index (χ2v) is 6.92. The van der Waals surface area contributed by atoms with Crippen LogP contribution in [0.2, 0.25) is 0 Å². The number of methoxy groups -OCH3 is 1. The highest BCUT2D eigenvalue weighted by atomic mass is 32.2. The first-order valence-electron chi connectivity index (χ1n) is 7.16. The van der Waals surface area contributed by atoms with Crippen LogP contribution < -0.4 is 14.4 Å². The lowest BCUT2D eigenvalue weighted by molar-refractivity contribution is 0.380. The molecule has 0 bridgehead atoms. The summed E-state index contributed by atoms with van der Waals surface area (Å²) in [7, 11) is 1.25. The number of hydrogen-bond donors (Lipinski definition) is 1. The predicted octanol–water partition coefficient (Wildman–Crippen LogP) is 2.27. The molecule has 0 spiro atoms. The zero-order chi connectivity index (χ0) is 17.7. The molecule has 0 atom stereocenters. The molecule has 2 aromatic rings. The Morgan fingerprint density at radius 1 is 1.21 bits per heavy atom. The van der Waals surface area contributed by atoms with Gasteiger partial charge in [-0.05, 0) is 18.6 Å². The Balaban J connectivity index is 2.24. The fourth-order valence-electron chi connectivity index (χ4n) is 1.90. The number of anilines is 2. The van der Waals surface area contributed by atoms with Gasteiger partial charge >= 0.3 is 6.01 Å². The van der Waals surface area contributed by atoms with Gasteiger partial charge in [-0.15, -0.1) is 0 Å². The highest BCUT2D eigenvalue weighted by Gasteiger charge is 2.14. The Bertz CT molecular complexity index is 831. The van der Waals surface area contributed by atoms with E-state index in [1.54, 1.807) is 19.0 Å². The predicted molar refractivity (Wildman–Crippen MR) is 95.7 cm³/mol. The van der Waals surface area contributed by atoms with Crippen LogP contribution in [0.5, 0.6) is 6.01 Å². The van der Waals surface area contributed by atoms with E-state index in [4.69, 9.17) is 4.74 Å². The summed E-state index contributed by atoms with van der Waals surface area (Å²) >= 11 is 0. The lowest BCUT2D eigenvalue weighted by Gasteiger charge is -2.16. The Morgan fingerprint density at radius 3 is 2.46 bits per heavy atom. The SMILES string of the molecule is COc1ncc(NS(=O)(=O)/C=C/c2ccc(C)cc2)c(N(C)C)n1. The molecule has 7 nitrogen and oxygen atoms in total. The van der Waals surface area contributed by atoms with Crippen molar-refractivity contribution in [1.82, 2.24) is 9.97 Å². The first kappa shape index (κ1) is 17.7. The molecule has 128 valence electrons. The van der Waals surface area contributed by atoms with Gasteiger partial charge in [0.05, 0.1) is 18.7 Å². The van der Waals surface area contributed by atoms with E-state index in [0.717, 1.165) is 16.5 Å². The number of ether oxygens (including phenoxy) is 1. The highest BCUT2D eigenvalue weighted by molar-refractivity contribution is 7.95. The van der Waals surface area contributed by atoms with Gasteiger partial charge < -0.3 is 9.64 Å². The molecule has 1 heterocycles. The molecule has 0 radical (unpaired) electrons. The molecule has 0 fully saturated rings. The average molecular weight is 348 g/mol. The van der Waals surface area contributed by atoms with Gasteiger partial charge in [0.15, 0.2) is 5.82 Å². The molecule has 1 aromatic carbocycles. The van der Waals surface area contributed by atoms with Gasteiger partial charge in [0.1, 0.15) is 5.69 Å². The third kappa shape index (κ3) is 4.69. The fourth-order valence-corrected chi connectivity index (χ4v) is 2.76. The van der Waals surface area contributed by atoms with Crippen molar-refractivity contribution < 1.29 is 13.2 Å². The van der Waals surface area contributed by atoms with Crippen LogP contribution in [0.25, 0.3) is 6.08 Å². The summed E-state index contributed by atoms with van der Waals surface area (Å²) in [6.07, 6.45) is 2.90. The summed E-state index contributed by atoms with van der Waals surface area (Å²) in [6.45, 7) is 1.97. The van der Waals surface area contributed by atoms with Crippen molar-refractivity contribution in [2.24, 2.45) is 0 Å². The third-order valence-corrected chi connectivity index (χ3v) is 4.12. The van der Waals surface area contributed by atoms with Crippen LogP contribution in [0.1, 0.15) is 11.1 Å². The third-order valence-electron chi connectivity index (χ3n) is 3.12. The van der Waals surface area contributed by atoms with Crippen molar-refractivity contribution in [2.75, 3.05) is 30.8 Å². The molecule has 2 rings (SSSR count). The van der Waals surface area contributed by atoms with Gasteiger partial charge in [-0.25, -0.2) is 13.4 Å². The zero-order valence-corrected chi connectivity index (χ0v) is 14.8. The molecule has 0 aliphatic carbocycles. The van der Waals surface area contributed by atoms with Crippen LogP contribution in [-0.4, -0.2) is 39.6 Å². The molecule has 24 heavy (non-hydrogen) atoms. The number of hydrogen-bond acceptors (Lipinski definition) is 6. The van der Waals surface area contributed by atoms with E-state index in [9.17, 15) is 8.42 Å². The molecule has 0 unspecified atom stereocenters. The number of sulfonamides is 1. The van der Waals surface area contributed by atoms with Gasteiger partial charge in [0, 0.05) is 14.1 Å². The smallest absolute Gasteiger partial charge is 0.318 e. The van der Waals surface area contributed by atoms with E-state index < -0.39 is 10.0 Å². The second-order valence-electron chi connectivity index (χ2n) is 5.35. The number of rotatable bonds is 6. The van der Waals surface area contributed by atoms with E-state index in [-0.39, 0.29) is 11.7 Å². The Labute approximate surface area is 142 Å². The van der Waals surface area contributed by atoms with E-state index in [1.165, 1.54) is 19.4 Å². The number of aryl methyl sites for hydroxylation is 1. The normalized spacial score (nSPS) is 11.5. The highest BCUT2D eigenvalue weighted by Crippen LogP contribution is 2.24. The Hall–Kier alpha value is -2.61. The van der Waals surface area contributed by atoms with Crippen LogP contribution in [0, 0.1) is 6.92 Å². The van der Waals surface area contributed by atoms with E-state index in [2.05, 4.69) is 14.7 Å². The largest absolute Gasteiger partial charge is 0.467 e. The number of nitrogens with one attached hydrogen (secondary N) is 1. The first-order valence-corrected chi connectivity index (χ1v) is 8.71. The molecule has 0 aliphatic rings. The molecular formula is C16H20N4O3S. The first-order chi connectivity index (χ1) is 11.3. The van der Waals surface area contributed by atoms with Crippen molar-refractivity contribution in [3.63, 3.8) is 0 Å². The minimum absolute atomic E-state index is 0.164. The molecule has 0 amide bonds. The maximum absolute atomic E-state index is 12.3. The quantitative estimate of drug-likeness (QED) is 0.862. The van der Waals surface area contributed by atoms with Crippen LogP contribution in [0.3, 0.4) is 0 Å². The molecule has 0 aliphatic heterocycles. The second kappa shape index (κ2) is 7.31. The molecule has 0 saturated carbocycles. The molecule has 8 heteroatoms. The average Bonchev–Trinajstić information content (AvgIpc) is 2.54. The maximum Gasteiger partial charge on any atom is 0.318 e. The molecular weight excluding hydrogens is 328 g/mol. The van der Waals surface area contributed by atoms with E-state index >= 15 is 0 Å². The minimum Gasteiger partial charge on any atom is -0.467 e. The van der Waals surface area contributed by atoms with Crippen LogP contribution in [0.15, 0.2) is 35.9 Å². The standard InChI is InChI=1S/C16H20N4O3S/c1-12-5-7-13(8-6-12)9-10-24(21,22)19-14-11-17-16(23-4)18-15(14)20(2)3/h5-11,19H,1-4H3/b10-9+. The van der Waals surface area contributed by atoms with E-state index in [0.29, 0.717) is 5.82 Å². The van der Waals surface area contributed by atoms with Gasteiger partial charge in [0.2, 0.25) is 0 Å². The van der Waals surface area contributed by atoms with Crippen molar-refractivity contribution in [3.8, 4) is 6.01 Å². The Morgan fingerprint density at radius 2 is 1.88 bits per heavy atom. The molecule has 1 aromatic heterocycles. The summed E-state index contributed by atoms with van der Waals surface area (Å²) in [4.78, 5) is 9.76. The lowest BCUT2D eigenvalue weighted by Crippen LogP contribution is -2.17. The van der Waals surface area contributed by atoms with Gasteiger partial charge in [-0.3, -0.25) is 4.72 Å². The summed E-state index contributed by atoms with van der Waals surface area (Å²) in [6, 6.07) is 7.70. The topological polar surface area (TPSA) is 84.4 Å². The van der Waals surface area contributed by atoms with Crippen molar-refractivity contribution >= 4 is 27.6 Å². The number of benzene rings is 1. The van der Waals surface area contributed by atoms with Crippen molar-refractivity contribution in [3.05, 3.63) is 47.0 Å². The number of nitrogens with zero attached hydrogens (tertiary/aromatic N) is 3. The van der Waals surface area contributed by atoms with Gasteiger partial charge in [-0.2, -0.15) is 4.98 Å². The minimum atomic E-state index is -3.70. The molecule has 0 saturated heterocycles. The monoisotopic (exact) mass is 348 g/mol. The van der Waals surface area contributed by atoms with Crippen molar-refractivity contribution in [1.29, 1.82) is 0 Å². The molecule has 1 N–H and O–H groups in total. The van der Waals surface area contributed by atoms with E-state index in [1.807, 2.05) is 31.2 Å².